The van der Waals surface area contributed by atoms with Gasteiger partial charge in [0.1, 0.15) is 5.76 Å². The zero-order valence-electron chi connectivity index (χ0n) is 18.4. The van der Waals surface area contributed by atoms with E-state index in [1.165, 1.54) is 24.3 Å². The molecule has 1 heterocycles. The van der Waals surface area contributed by atoms with Gasteiger partial charge in [-0.15, -0.1) is 0 Å². The first kappa shape index (κ1) is 23.7. The summed E-state index contributed by atoms with van der Waals surface area (Å²) in [6.07, 6.45) is 3.64. The molecule has 3 aromatic rings. The molecule has 0 unspecified atom stereocenters. The number of benzene rings is 2. The molecule has 4 rings (SSSR count). The molecule has 178 valence electrons. The molecule has 10 heteroatoms. The summed E-state index contributed by atoms with van der Waals surface area (Å²) in [5.74, 6) is 0.371. The van der Waals surface area contributed by atoms with Gasteiger partial charge in [0.25, 0.3) is 5.91 Å². The number of sulfonamides is 1. The highest BCUT2D eigenvalue weighted by atomic mass is 32.2. The van der Waals surface area contributed by atoms with Gasteiger partial charge in [0.05, 0.1) is 24.2 Å². The Kier molecular flexibility index (Phi) is 7.11. The number of nitrogens with zero attached hydrogens (tertiary/aromatic N) is 1. The Morgan fingerprint density at radius 3 is 2.29 bits per heavy atom. The van der Waals surface area contributed by atoms with E-state index in [0.29, 0.717) is 36.1 Å². The molecule has 0 atom stereocenters. The number of carbonyl (C=O) groups excluding carboxylic acids is 2. The van der Waals surface area contributed by atoms with Crippen molar-refractivity contribution in [2.75, 3.05) is 11.9 Å². The normalized spacial score (nSPS) is 13.6. The topological polar surface area (TPSA) is 135 Å². The van der Waals surface area contributed by atoms with E-state index in [1.54, 1.807) is 24.5 Å². The van der Waals surface area contributed by atoms with Crippen LogP contribution in [0.15, 0.2) is 76.2 Å². The molecular formula is C24H26N4O5S. The fourth-order valence-corrected chi connectivity index (χ4v) is 3.95. The van der Waals surface area contributed by atoms with Crippen LogP contribution in [0, 0.1) is 0 Å². The SMILES string of the molecule is NS(=O)(=O)c1ccc(NC(=O)CN(Cc2ccc(C(=O)NC3CC3)cc2)Cc2ccco2)cc1. The second-order valence-corrected chi connectivity index (χ2v) is 9.85. The maximum absolute atomic E-state index is 12.7. The summed E-state index contributed by atoms with van der Waals surface area (Å²) in [4.78, 5) is 26.8. The van der Waals surface area contributed by atoms with Crippen LogP contribution in [0.4, 0.5) is 5.69 Å². The minimum absolute atomic E-state index is 0.0285. The molecule has 0 saturated heterocycles. The Bertz CT molecular complexity index is 1240. The molecule has 4 N–H and O–H groups in total. The Morgan fingerprint density at radius 2 is 1.71 bits per heavy atom. The lowest BCUT2D eigenvalue weighted by atomic mass is 10.1. The van der Waals surface area contributed by atoms with Gasteiger partial charge in [0, 0.05) is 23.8 Å². The fourth-order valence-electron chi connectivity index (χ4n) is 3.44. The largest absolute Gasteiger partial charge is 0.468 e. The molecular weight excluding hydrogens is 456 g/mol. The summed E-state index contributed by atoms with van der Waals surface area (Å²) in [5.41, 5.74) is 2.01. The van der Waals surface area contributed by atoms with Crippen LogP contribution < -0.4 is 15.8 Å². The van der Waals surface area contributed by atoms with Gasteiger partial charge in [0.2, 0.25) is 15.9 Å². The van der Waals surface area contributed by atoms with Crippen molar-refractivity contribution in [1.29, 1.82) is 0 Å². The first-order valence-electron chi connectivity index (χ1n) is 10.8. The number of nitrogens with one attached hydrogen (secondary N) is 2. The van der Waals surface area contributed by atoms with Gasteiger partial charge in [-0.3, -0.25) is 14.5 Å². The first-order valence-corrected chi connectivity index (χ1v) is 12.4. The van der Waals surface area contributed by atoms with Crippen LogP contribution in [-0.2, 0) is 27.9 Å². The van der Waals surface area contributed by atoms with E-state index in [4.69, 9.17) is 9.56 Å². The van der Waals surface area contributed by atoms with E-state index in [0.717, 1.165) is 18.4 Å². The van der Waals surface area contributed by atoms with Crippen molar-refractivity contribution in [3.8, 4) is 0 Å². The third kappa shape index (κ3) is 6.77. The van der Waals surface area contributed by atoms with Crippen molar-refractivity contribution in [3.05, 3.63) is 83.8 Å². The predicted molar refractivity (Wildman–Crippen MR) is 126 cm³/mol. The Labute approximate surface area is 198 Å². The van der Waals surface area contributed by atoms with Crippen LogP contribution in [0.25, 0.3) is 0 Å². The zero-order chi connectivity index (χ0) is 24.1. The first-order chi connectivity index (χ1) is 16.3. The van der Waals surface area contributed by atoms with Crippen LogP contribution in [0.2, 0.25) is 0 Å². The number of carbonyl (C=O) groups is 2. The molecule has 1 saturated carbocycles. The summed E-state index contributed by atoms with van der Waals surface area (Å²) in [5, 5.41) is 10.8. The molecule has 9 nitrogen and oxygen atoms in total. The average molecular weight is 483 g/mol. The standard InChI is InChI=1S/C24H26N4O5S/c25-34(31,32)22-11-9-19(10-12-22)26-23(29)16-28(15-21-2-1-13-33-21)14-17-3-5-18(6-4-17)24(30)27-20-7-8-20/h1-6,9-13,20H,7-8,14-16H2,(H,26,29)(H,27,30)(H2,25,31,32). The number of furan rings is 1. The third-order valence-corrected chi connectivity index (χ3v) is 6.26. The minimum Gasteiger partial charge on any atom is -0.468 e. The Hall–Kier alpha value is -3.47. The summed E-state index contributed by atoms with van der Waals surface area (Å²) < 4.78 is 28.2. The Balaban J connectivity index is 1.40. The molecule has 34 heavy (non-hydrogen) atoms. The highest BCUT2D eigenvalue weighted by molar-refractivity contribution is 7.89. The van der Waals surface area contributed by atoms with Crippen molar-refractivity contribution < 1.29 is 22.4 Å². The van der Waals surface area contributed by atoms with E-state index in [2.05, 4.69) is 10.6 Å². The average Bonchev–Trinajstić information content (AvgIpc) is 3.45. The van der Waals surface area contributed by atoms with Gasteiger partial charge in [0.15, 0.2) is 0 Å². The molecule has 1 aromatic heterocycles. The van der Waals surface area contributed by atoms with Crippen molar-refractivity contribution >= 4 is 27.5 Å². The molecule has 0 aliphatic heterocycles. The smallest absolute Gasteiger partial charge is 0.251 e. The highest BCUT2D eigenvalue weighted by Crippen LogP contribution is 2.20. The van der Waals surface area contributed by atoms with Gasteiger partial charge in [-0.2, -0.15) is 0 Å². The van der Waals surface area contributed by atoms with Crippen molar-refractivity contribution in [2.45, 2.75) is 36.9 Å². The van der Waals surface area contributed by atoms with Crippen molar-refractivity contribution in [3.63, 3.8) is 0 Å². The van der Waals surface area contributed by atoms with E-state index in [9.17, 15) is 18.0 Å². The van der Waals surface area contributed by atoms with Gasteiger partial charge < -0.3 is 15.1 Å². The Morgan fingerprint density at radius 1 is 1.00 bits per heavy atom. The van der Waals surface area contributed by atoms with Crippen molar-refractivity contribution in [2.24, 2.45) is 5.14 Å². The maximum atomic E-state index is 12.7. The number of hydrogen-bond donors (Lipinski definition) is 3. The highest BCUT2D eigenvalue weighted by Gasteiger charge is 2.23. The fraction of sp³-hybridized carbons (Fsp3) is 0.250. The molecule has 1 aliphatic carbocycles. The quantitative estimate of drug-likeness (QED) is 0.406. The van der Waals surface area contributed by atoms with Gasteiger partial charge in [-0.25, -0.2) is 13.6 Å². The summed E-state index contributed by atoms with van der Waals surface area (Å²) in [6.45, 7) is 0.944. The number of nitrogens with two attached hydrogens (primary N) is 1. The lowest BCUT2D eigenvalue weighted by molar-refractivity contribution is -0.117. The van der Waals surface area contributed by atoms with Gasteiger partial charge >= 0.3 is 0 Å². The van der Waals surface area contributed by atoms with E-state index >= 15 is 0 Å². The number of hydrogen-bond acceptors (Lipinski definition) is 6. The van der Waals surface area contributed by atoms with Crippen LogP contribution in [0.1, 0.15) is 34.5 Å². The van der Waals surface area contributed by atoms with Gasteiger partial charge in [-0.05, 0) is 66.9 Å². The number of rotatable bonds is 10. The van der Waals surface area contributed by atoms with Crippen LogP contribution in [0.5, 0.6) is 0 Å². The minimum atomic E-state index is -3.80. The second kappa shape index (κ2) is 10.2. The molecule has 2 aromatic carbocycles. The van der Waals surface area contributed by atoms with E-state index in [1.807, 2.05) is 23.1 Å². The van der Waals surface area contributed by atoms with Crippen LogP contribution >= 0.6 is 0 Å². The summed E-state index contributed by atoms with van der Waals surface area (Å²) >= 11 is 0. The number of amides is 2. The molecule has 0 spiro atoms. The molecule has 1 fully saturated rings. The van der Waals surface area contributed by atoms with Crippen molar-refractivity contribution in [1.82, 2.24) is 10.2 Å². The van der Waals surface area contributed by atoms with Gasteiger partial charge in [-0.1, -0.05) is 12.1 Å². The number of primary sulfonamides is 1. The van der Waals surface area contributed by atoms with Crippen LogP contribution in [-0.4, -0.2) is 37.7 Å². The van der Waals surface area contributed by atoms with E-state index in [-0.39, 0.29) is 23.3 Å². The molecule has 0 bridgehead atoms. The molecule has 2 amide bonds. The molecule has 0 radical (unpaired) electrons. The molecule has 1 aliphatic rings. The predicted octanol–water partition coefficient (Wildman–Crippen LogP) is 2.46. The lowest BCUT2D eigenvalue weighted by Crippen LogP contribution is -2.32. The van der Waals surface area contributed by atoms with Crippen LogP contribution in [0.3, 0.4) is 0 Å². The lowest BCUT2D eigenvalue weighted by Gasteiger charge is -2.21. The second-order valence-electron chi connectivity index (χ2n) is 8.29. The number of anilines is 1. The summed E-state index contributed by atoms with van der Waals surface area (Å²) in [7, 11) is -3.80. The van der Waals surface area contributed by atoms with E-state index < -0.39 is 10.0 Å². The monoisotopic (exact) mass is 482 g/mol. The zero-order valence-corrected chi connectivity index (χ0v) is 19.3. The third-order valence-electron chi connectivity index (χ3n) is 5.33. The summed E-state index contributed by atoms with van der Waals surface area (Å²) in [6, 6.07) is 16.9. The maximum Gasteiger partial charge on any atom is 0.251 e.